The molecule has 1 fully saturated rings. The molecular weight excluding hydrogens is 226 g/mol. The van der Waals surface area contributed by atoms with Crippen molar-refractivity contribution < 1.29 is 18.7 Å². The highest BCUT2D eigenvalue weighted by molar-refractivity contribution is 6.30. The van der Waals surface area contributed by atoms with Crippen molar-refractivity contribution in [2.24, 2.45) is 0 Å². The molecule has 0 saturated heterocycles. The summed E-state index contributed by atoms with van der Waals surface area (Å²) >= 11 is 5.45. The summed E-state index contributed by atoms with van der Waals surface area (Å²) in [6, 6.07) is 1.74. The number of benzene rings is 1. The van der Waals surface area contributed by atoms with Crippen molar-refractivity contribution >= 4 is 17.6 Å². The summed E-state index contributed by atoms with van der Waals surface area (Å²) in [7, 11) is 0. The van der Waals surface area contributed by atoms with E-state index in [1.54, 1.807) is 0 Å². The second kappa shape index (κ2) is 3.17. The van der Waals surface area contributed by atoms with Crippen LogP contribution in [0.1, 0.15) is 18.4 Å². The molecule has 1 aliphatic rings. The van der Waals surface area contributed by atoms with Crippen LogP contribution in [0.4, 0.5) is 8.78 Å². The van der Waals surface area contributed by atoms with Gasteiger partial charge in [-0.05, 0) is 25.0 Å². The van der Waals surface area contributed by atoms with Gasteiger partial charge in [0.2, 0.25) is 0 Å². The van der Waals surface area contributed by atoms with Crippen molar-refractivity contribution in [3.05, 3.63) is 34.4 Å². The third kappa shape index (κ3) is 1.49. The lowest BCUT2D eigenvalue weighted by Gasteiger charge is -2.12. The number of hydrogen-bond donors (Lipinski definition) is 1. The first-order valence-electron chi connectivity index (χ1n) is 4.36. The highest BCUT2D eigenvalue weighted by Gasteiger charge is 2.53. The van der Waals surface area contributed by atoms with Crippen molar-refractivity contribution in [1.82, 2.24) is 0 Å². The lowest BCUT2D eigenvalue weighted by Crippen LogP contribution is -2.21. The van der Waals surface area contributed by atoms with Crippen LogP contribution < -0.4 is 0 Å². The van der Waals surface area contributed by atoms with Gasteiger partial charge in [-0.15, -0.1) is 0 Å². The quantitative estimate of drug-likeness (QED) is 0.796. The predicted octanol–water partition coefficient (Wildman–Crippen LogP) is 2.73. The third-order valence-electron chi connectivity index (χ3n) is 2.67. The molecule has 1 aromatic carbocycles. The lowest BCUT2D eigenvalue weighted by molar-refractivity contribution is -0.140. The van der Waals surface area contributed by atoms with Crippen molar-refractivity contribution in [2.75, 3.05) is 0 Å². The second-order valence-corrected chi connectivity index (χ2v) is 4.04. The fourth-order valence-electron chi connectivity index (χ4n) is 1.63. The summed E-state index contributed by atoms with van der Waals surface area (Å²) in [5.41, 5.74) is -1.42. The normalized spacial score (nSPS) is 17.5. The molecule has 15 heavy (non-hydrogen) atoms. The van der Waals surface area contributed by atoms with Gasteiger partial charge in [0.25, 0.3) is 0 Å². The van der Waals surface area contributed by atoms with Crippen LogP contribution in [0.5, 0.6) is 0 Å². The Morgan fingerprint density at radius 1 is 1.40 bits per heavy atom. The monoisotopic (exact) mass is 232 g/mol. The van der Waals surface area contributed by atoms with E-state index in [0.717, 1.165) is 12.1 Å². The topological polar surface area (TPSA) is 37.3 Å². The standard InChI is InChI=1S/C10H7ClF2O2/c11-7-4-5(12)3-6(8(7)13)10(1-2-10)9(14)15/h3-4H,1-2H2,(H,14,15). The van der Waals surface area contributed by atoms with E-state index >= 15 is 0 Å². The Kier molecular flexibility index (Phi) is 2.19. The summed E-state index contributed by atoms with van der Waals surface area (Å²) in [4.78, 5) is 10.9. The molecule has 0 unspecified atom stereocenters. The van der Waals surface area contributed by atoms with E-state index in [-0.39, 0.29) is 10.6 Å². The fourth-order valence-corrected chi connectivity index (χ4v) is 1.83. The molecular formula is C10H7ClF2O2. The first-order valence-corrected chi connectivity index (χ1v) is 4.73. The van der Waals surface area contributed by atoms with E-state index < -0.39 is 23.0 Å². The van der Waals surface area contributed by atoms with Gasteiger partial charge < -0.3 is 5.11 Å². The van der Waals surface area contributed by atoms with Crippen LogP contribution >= 0.6 is 11.6 Å². The minimum absolute atomic E-state index is 0.153. The van der Waals surface area contributed by atoms with Crippen LogP contribution in [-0.2, 0) is 10.2 Å². The Labute approximate surface area is 89.5 Å². The number of rotatable bonds is 2. The Balaban J connectivity index is 2.58. The molecule has 0 spiro atoms. The van der Waals surface area contributed by atoms with E-state index in [4.69, 9.17) is 16.7 Å². The van der Waals surface area contributed by atoms with Crippen LogP contribution in [0.2, 0.25) is 5.02 Å². The van der Waals surface area contributed by atoms with Gasteiger partial charge >= 0.3 is 5.97 Å². The molecule has 80 valence electrons. The van der Waals surface area contributed by atoms with Gasteiger partial charge in [-0.3, -0.25) is 4.79 Å². The SMILES string of the molecule is O=C(O)C1(c2cc(F)cc(Cl)c2F)CC1. The highest BCUT2D eigenvalue weighted by Crippen LogP contribution is 2.50. The van der Waals surface area contributed by atoms with E-state index in [2.05, 4.69) is 0 Å². The number of carboxylic acid groups (broad SMARTS) is 1. The van der Waals surface area contributed by atoms with Gasteiger partial charge in [0.05, 0.1) is 10.4 Å². The molecule has 2 nitrogen and oxygen atoms in total. The molecule has 0 bridgehead atoms. The fraction of sp³-hybridized carbons (Fsp3) is 0.300. The number of carboxylic acids is 1. The van der Waals surface area contributed by atoms with Gasteiger partial charge in [0, 0.05) is 5.56 Å². The summed E-state index contributed by atoms with van der Waals surface area (Å²) in [5.74, 6) is -2.69. The molecule has 1 saturated carbocycles. The van der Waals surface area contributed by atoms with Gasteiger partial charge in [0.15, 0.2) is 0 Å². The Morgan fingerprint density at radius 2 is 2.00 bits per heavy atom. The number of hydrogen-bond acceptors (Lipinski definition) is 1. The lowest BCUT2D eigenvalue weighted by atomic mass is 9.95. The molecule has 1 aliphatic carbocycles. The molecule has 1 N–H and O–H groups in total. The smallest absolute Gasteiger partial charge is 0.314 e. The molecule has 0 aliphatic heterocycles. The average Bonchev–Trinajstić information content (AvgIpc) is 2.91. The van der Waals surface area contributed by atoms with Crippen molar-refractivity contribution in [3.8, 4) is 0 Å². The maximum Gasteiger partial charge on any atom is 0.314 e. The largest absolute Gasteiger partial charge is 0.481 e. The van der Waals surface area contributed by atoms with Gasteiger partial charge in [-0.1, -0.05) is 11.6 Å². The highest BCUT2D eigenvalue weighted by atomic mass is 35.5. The van der Waals surface area contributed by atoms with Crippen molar-refractivity contribution in [1.29, 1.82) is 0 Å². The van der Waals surface area contributed by atoms with Crippen LogP contribution in [0.25, 0.3) is 0 Å². The first-order chi connectivity index (χ1) is 6.97. The van der Waals surface area contributed by atoms with Crippen LogP contribution in [0.3, 0.4) is 0 Å². The van der Waals surface area contributed by atoms with E-state index in [1.807, 2.05) is 0 Å². The van der Waals surface area contributed by atoms with Crippen LogP contribution in [0, 0.1) is 11.6 Å². The molecule has 2 rings (SSSR count). The summed E-state index contributed by atoms with van der Waals surface area (Å²) in [6.45, 7) is 0. The first kappa shape index (κ1) is 10.4. The van der Waals surface area contributed by atoms with Crippen LogP contribution in [-0.4, -0.2) is 11.1 Å². The minimum atomic E-state index is -1.27. The maximum atomic E-state index is 13.5. The summed E-state index contributed by atoms with van der Waals surface area (Å²) in [6.07, 6.45) is 0.637. The minimum Gasteiger partial charge on any atom is -0.481 e. The van der Waals surface area contributed by atoms with Crippen LogP contribution in [0.15, 0.2) is 12.1 Å². The number of carbonyl (C=O) groups is 1. The zero-order chi connectivity index (χ0) is 11.2. The average molecular weight is 233 g/mol. The van der Waals surface area contributed by atoms with Gasteiger partial charge in [-0.2, -0.15) is 0 Å². The Morgan fingerprint density at radius 3 is 2.47 bits per heavy atom. The van der Waals surface area contributed by atoms with E-state index in [1.165, 1.54) is 0 Å². The molecule has 0 amide bonds. The second-order valence-electron chi connectivity index (χ2n) is 3.64. The van der Waals surface area contributed by atoms with Crippen molar-refractivity contribution in [3.63, 3.8) is 0 Å². The molecule has 0 heterocycles. The molecule has 1 aromatic rings. The predicted molar refractivity (Wildman–Crippen MR) is 49.9 cm³/mol. The zero-order valence-electron chi connectivity index (χ0n) is 7.56. The summed E-state index contributed by atoms with van der Waals surface area (Å²) in [5, 5.41) is 8.55. The zero-order valence-corrected chi connectivity index (χ0v) is 8.31. The molecule has 0 aromatic heterocycles. The molecule has 0 radical (unpaired) electrons. The van der Waals surface area contributed by atoms with E-state index in [0.29, 0.717) is 12.8 Å². The Bertz CT molecular complexity index is 441. The molecule has 5 heteroatoms. The maximum absolute atomic E-state index is 13.5. The van der Waals surface area contributed by atoms with Crippen molar-refractivity contribution in [2.45, 2.75) is 18.3 Å². The summed E-state index contributed by atoms with van der Waals surface area (Å²) < 4.78 is 26.5. The number of halogens is 3. The molecule has 0 atom stereocenters. The van der Waals surface area contributed by atoms with Gasteiger partial charge in [-0.25, -0.2) is 8.78 Å². The third-order valence-corrected chi connectivity index (χ3v) is 2.94. The Hall–Kier alpha value is -1.16. The van der Waals surface area contributed by atoms with Gasteiger partial charge in [0.1, 0.15) is 11.6 Å². The number of aliphatic carboxylic acids is 1. The van der Waals surface area contributed by atoms with E-state index in [9.17, 15) is 13.6 Å².